The molecule has 0 aromatic heterocycles. The fourth-order valence-electron chi connectivity index (χ4n) is 2.54. The van der Waals surface area contributed by atoms with Crippen molar-refractivity contribution < 1.29 is 5.11 Å². The van der Waals surface area contributed by atoms with Crippen molar-refractivity contribution in [3.8, 4) is 11.8 Å². The average molecular weight is 257 g/mol. The normalized spacial score (nSPS) is 19.8. The van der Waals surface area contributed by atoms with Crippen LogP contribution in [0.1, 0.15) is 43.7 Å². The summed E-state index contributed by atoms with van der Waals surface area (Å²) in [5.74, 6) is 6.01. The molecule has 1 fully saturated rings. The first-order chi connectivity index (χ1) is 9.29. The highest BCUT2D eigenvalue weighted by atomic mass is 16.2. The van der Waals surface area contributed by atoms with Crippen LogP contribution in [-0.4, -0.2) is 29.2 Å². The third-order valence-electron chi connectivity index (χ3n) is 3.75. The van der Waals surface area contributed by atoms with E-state index in [4.69, 9.17) is 5.11 Å². The van der Waals surface area contributed by atoms with Gasteiger partial charge in [-0.05, 0) is 44.0 Å². The lowest BCUT2D eigenvalue weighted by molar-refractivity contribution is 0.152. The van der Waals surface area contributed by atoms with Crippen molar-refractivity contribution in [1.82, 2.24) is 4.90 Å². The van der Waals surface area contributed by atoms with Crippen molar-refractivity contribution in [2.45, 2.75) is 45.2 Å². The SMILES string of the molecule is CC1CCCCN1Cc1ccc(C#CCCO)cc1. The van der Waals surface area contributed by atoms with Gasteiger partial charge in [-0.3, -0.25) is 4.90 Å². The molecule has 1 heterocycles. The van der Waals surface area contributed by atoms with Gasteiger partial charge in [0.25, 0.3) is 0 Å². The molecule has 1 N–H and O–H groups in total. The number of rotatable bonds is 3. The summed E-state index contributed by atoms with van der Waals surface area (Å²) in [5, 5.41) is 8.69. The molecular weight excluding hydrogens is 234 g/mol. The molecular formula is C17H23NO. The maximum Gasteiger partial charge on any atom is 0.0540 e. The number of likely N-dealkylation sites (tertiary alicyclic amines) is 1. The average Bonchev–Trinajstić information content (AvgIpc) is 2.44. The molecule has 19 heavy (non-hydrogen) atoms. The molecule has 0 radical (unpaired) electrons. The second-order valence-electron chi connectivity index (χ2n) is 5.29. The zero-order valence-electron chi connectivity index (χ0n) is 11.7. The molecule has 1 unspecified atom stereocenters. The third kappa shape index (κ3) is 4.38. The number of hydrogen-bond donors (Lipinski definition) is 1. The van der Waals surface area contributed by atoms with Crippen LogP contribution < -0.4 is 0 Å². The van der Waals surface area contributed by atoms with Crippen LogP contribution in [0.25, 0.3) is 0 Å². The molecule has 0 saturated carbocycles. The molecule has 2 nitrogen and oxygen atoms in total. The Morgan fingerprint density at radius 3 is 2.74 bits per heavy atom. The van der Waals surface area contributed by atoms with Crippen LogP contribution >= 0.6 is 0 Å². The Hall–Kier alpha value is -1.30. The summed E-state index contributed by atoms with van der Waals surface area (Å²) in [5.41, 5.74) is 2.39. The number of aliphatic hydroxyl groups excluding tert-OH is 1. The van der Waals surface area contributed by atoms with Crippen molar-refractivity contribution >= 4 is 0 Å². The van der Waals surface area contributed by atoms with E-state index in [0.29, 0.717) is 12.5 Å². The van der Waals surface area contributed by atoms with Gasteiger partial charge in [-0.2, -0.15) is 0 Å². The zero-order valence-corrected chi connectivity index (χ0v) is 11.7. The molecule has 0 spiro atoms. The highest BCUT2D eigenvalue weighted by Gasteiger charge is 2.17. The van der Waals surface area contributed by atoms with Crippen LogP contribution in [0.4, 0.5) is 0 Å². The van der Waals surface area contributed by atoms with Crippen LogP contribution in [0, 0.1) is 11.8 Å². The van der Waals surface area contributed by atoms with E-state index >= 15 is 0 Å². The molecule has 1 aliphatic rings. The predicted molar refractivity (Wildman–Crippen MR) is 78.7 cm³/mol. The molecule has 2 rings (SSSR count). The van der Waals surface area contributed by atoms with Gasteiger partial charge in [-0.25, -0.2) is 0 Å². The molecule has 0 amide bonds. The Bertz CT molecular complexity index is 441. The van der Waals surface area contributed by atoms with Gasteiger partial charge in [-0.15, -0.1) is 0 Å². The monoisotopic (exact) mass is 257 g/mol. The summed E-state index contributed by atoms with van der Waals surface area (Å²) in [7, 11) is 0. The van der Waals surface area contributed by atoms with Crippen LogP contribution in [0.2, 0.25) is 0 Å². The second-order valence-corrected chi connectivity index (χ2v) is 5.29. The van der Waals surface area contributed by atoms with E-state index in [9.17, 15) is 0 Å². The first kappa shape index (κ1) is 14.1. The van der Waals surface area contributed by atoms with Crippen LogP contribution in [0.15, 0.2) is 24.3 Å². The standard InChI is InChI=1S/C17H23NO/c1-15-6-2-4-12-18(15)14-17-10-8-16(9-11-17)7-3-5-13-19/h8-11,15,19H,2,4-6,12-14H2,1H3. The van der Waals surface area contributed by atoms with Crippen LogP contribution in [-0.2, 0) is 6.54 Å². The predicted octanol–water partition coefficient (Wildman–Crippen LogP) is 2.79. The van der Waals surface area contributed by atoms with Crippen molar-refractivity contribution in [3.63, 3.8) is 0 Å². The minimum Gasteiger partial charge on any atom is -0.395 e. The first-order valence-electron chi connectivity index (χ1n) is 7.22. The smallest absolute Gasteiger partial charge is 0.0540 e. The van der Waals surface area contributed by atoms with Crippen molar-refractivity contribution in [2.75, 3.05) is 13.2 Å². The zero-order chi connectivity index (χ0) is 13.5. The molecule has 0 aliphatic carbocycles. The van der Waals surface area contributed by atoms with Gasteiger partial charge in [0, 0.05) is 24.6 Å². The molecule has 1 aliphatic heterocycles. The summed E-state index contributed by atoms with van der Waals surface area (Å²) >= 11 is 0. The number of piperidine rings is 1. The Balaban J connectivity index is 1.93. The van der Waals surface area contributed by atoms with E-state index in [1.807, 2.05) is 0 Å². The van der Waals surface area contributed by atoms with Gasteiger partial charge in [-0.1, -0.05) is 30.4 Å². The van der Waals surface area contributed by atoms with Crippen molar-refractivity contribution in [1.29, 1.82) is 0 Å². The lowest BCUT2D eigenvalue weighted by Crippen LogP contribution is -2.36. The van der Waals surface area contributed by atoms with Gasteiger partial charge < -0.3 is 5.11 Å². The number of benzene rings is 1. The summed E-state index contributed by atoms with van der Waals surface area (Å²) in [6, 6.07) is 9.20. The highest BCUT2D eigenvalue weighted by Crippen LogP contribution is 2.19. The fraction of sp³-hybridized carbons (Fsp3) is 0.529. The van der Waals surface area contributed by atoms with Crippen LogP contribution in [0.5, 0.6) is 0 Å². The van der Waals surface area contributed by atoms with Gasteiger partial charge in [0.1, 0.15) is 0 Å². The van der Waals surface area contributed by atoms with Gasteiger partial charge in [0.05, 0.1) is 6.61 Å². The molecule has 1 aromatic rings. The summed E-state index contributed by atoms with van der Waals surface area (Å²) in [4.78, 5) is 2.57. The Morgan fingerprint density at radius 2 is 2.05 bits per heavy atom. The van der Waals surface area contributed by atoms with Crippen molar-refractivity contribution in [3.05, 3.63) is 35.4 Å². The van der Waals surface area contributed by atoms with E-state index in [1.165, 1.54) is 31.4 Å². The number of nitrogens with zero attached hydrogens (tertiary/aromatic N) is 1. The quantitative estimate of drug-likeness (QED) is 0.842. The summed E-state index contributed by atoms with van der Waals surface area (Å²) < 4.78 is 0. The Kier molecular flexibility index (Phi) is 5.44. The minimum absolute atomic E-state index is 0.137. The molecule has 0 bridgehead atoms. The largest absolute Gasteiger partial charge is 0.395 e. The lowest BCUT2D eigenvalue weighted by atomic mass is 10.0. The maximum absolute atomic E-state index is 8.69. The van der Waals surface area contributed by atoms with E-state index < -0.39 is 0 Å². The van der Waals surface area contributed by atoms with E-state index in [1.54, 1.807) is 0 Å². The Morgan fingerprint density at radius 1 is 1.26 bits per heavy atom. The van der Waals surface area contributed by atoms with E-state index in [0.717, 1.165) is 12.1 Å². The first-order valence-corrected chi connectivity index (χ1v) is 7.22. The molecule has 1 saturated heterocycles. The number of aliphatic hydroxyl groups is 1. The summed E-state index contributed by atoms with van der Waals surface area (Å²) in [6.07, 6.45) is 4.57. The number of hydrogen-bond acceptors (Lipinski definition) is 2. The van der Waals surface area contributed by atoms with Crippen molar-refractivity contribution in [2.24, 2.45) is 0 Å². The summed E-state index contributed by atoms with van der Waals surface area (Å²) in [6.45, 7) is 4.73. The topological polar surface area (TPSA) is 23.5 Å². The van der Waals surface area contributed by atoms with Gasteiger partial charge >= 0.3 is 0 Å². The molecule has 2 heteroatoms. The molecule has 1 aromatic carbocycles. The fourth-order valence-corrected chi connectivity index (χ4v) is 2.54. The molecule has 1 atom stereocenters. The van der Waals surface area contributed by atoms with E-state index in [2.05, 4.69) is 47.9 Å². The lowest BCUT2D eigenvalue weighted by Gasteiger charge is -2.33. The molecule has 102 valence electrons. The van der Waals surface area contributed by atoms with E-state index in [-0.39, 0.29) is 6.61 Å². The second kappa shape index (κ2) is 7.33. The highest BCUT2D eigenvalue weighted by molar-refractivity contribution is 5.36. The van der Waals surface area contributed by atoms with Gasteiger partial charge in [0.15, 0.2) is 0 Å². The van der Waals surface area contributed by atoms with Crippen LogP contribution in [0.3, 0.4) is 0 Å². The maximum atomic E-state index is 8.69. The van der Waals surface area contributed by atoms with Gasteiger partial charge in [0.2, 0.25) is 0 Å². The minimum atomic E-state index is 0.137. The Labute approximate surface area is 116 Å². The third-order valence-corrected chi connectivity index (χ3v) is 3.75.